The van der Waals surface area contributed by atoms with Gasteiger partial charge in [0.25, 0.3) is 0 Å². The van der Waals surface area contributed by atoms with Crippen LogP contribution in [0.5, 0.6) is 0 Å². The molecule has 0 saturated heterocycles. The molecule has 0 aromatic heterocycles. The summed E-state index contributed by atoms with van der Waals surface area (Å²) in [6.45, 7) is 3.13. The van der Waals surface area contributed by atoms with Crippen LogP contribution in [0.25, 0.3) is 0 Å². The largest absolute Gasteiger partial charge is 0.496 e. The summed E-state index contributed by atoms with van der Waals surface area (Å²) in [5, 5.41) is 9.64. The molecule has 0 bridgehead atoms. The Bertz CT molecular complexity index is 509. The zero-order valence-corrected chi connectivity index (χ0v) is 14.9. The smallest absolute Gasteiger partial charge is 0.114 e. The van der Waals surface area contributed by atoms with Crippen molar-refractivity contribution >= 4 is 6.21 Å². The van der Waals surface area contributed by atoms with Gasteiger partial charge in [0.05, 0.1) is 30.3 Å². The first-order chi connectivity index (χ1) is 11.8. The average molecular weight is 333 g/mol. The van der Waals surface area contributed by atoms with Crippen LogP contribution in [-0.2, 0) is 9.47 Å². The molecule has 0 spiro atoms. The van der Waals surface area contributed by atoms with Crippen LogP contribution >= 0.6 is 0 Å². The SMILES string of the molecule is CCC(O)COC1=CC(COC2CCCC3=C2N=CCC3)CCC1. The molecule has 1 aliphatic heterocycles. The summed E-state index contributed by atoms with van der Waals surface area (Å²) >= 11 is 0. The van der Waals surface area contributed by atoms with Gasteiger partial charge in [0, 0.05) is 18.6 Å². The molecule has 4 heteroatoms. The lowest BCUT2D eigenvalue weighted by atomic mass is 9.89. The summed E-state index contributed by atoms with van der Waals surface area (Å²) in [7, 11) is 0. The Labute approximate surface area is 145 Å². The number of aliphatic hydroxyl groups is 1. The van der Waals surface area contributed by atoms with Gasteiger partial charge in [-0.3, -0.25) is 4.99 Å². The zero-order chi connectivity index (χ0) is 16.8. The second-order valence-corrected chi connectivity index (χ2v) is 7.21. The highest BCUT2D eigenvalue weighted by Crippen LogP contribution is 2.33. The van der Waals surface area contributed by atoms with Crippen LogP contribution in [0, 0.1) is 5.92 Å². The Kier molecular flexibility index (Phi) is 6.50. The third kappa shape index (κ3) is 4.70. The summed E-state index contributed by atoms with van der Waals surface area (Å²) in [6.07, 6.45) is 13.9. The summed E-state index contributed by atoms with van der Waals surface area (Å²) < 4.78 is 12.0. The molecule has 3 aliphatic rings. The minimum Gasteiger partial charge on any atom is -0.496 e. The third-order valence-electron chi connectivity index (χ3n) is 5.28. The molecule has 3 rings (SSSR count). The van der Waals surface area contributed by atoms with Gasteiger partial charge in [-0.25, -0.2) is 0 Å². The normalized spacial score (nSPS) is 28.3. The van der Waals surface area contributed by atoms with E-state index in [-0.39, 0.29) is 12.2 Å². The molecule has 0 fully saturated rings. The summed E-state index contributed by atoms with van der Waals surface area (Å²) in [4.78, 5) is 4.63. The summed E-state index contributed by atoms with van der Waals surface area (Å²) in [6, 6.07) is 0. The Balaban J connectivity index is 1.51. The van der Waals surface area contributed by atoms with Crippen LogP contribution in [-0.4, -0.2) is 36.7 Å². The van der Waals surface area contributed by atoms with Gasteiger partial charge in [0.2, 0.25) is 0 Å². The molecule has 3 atom stereocenters. The van der Waals surface area contributed by atoms with E-state index in [1.807, 2.05) is 13.1 Å². The van der Waals surface area contributed by atoms with Crippen molar-refractivity contribution in [2.45, 2.75) is 76.9 Å². The second-order valence-electron chi connectivity index (χ2n) is 7.21. The van der Waals surface area contributed by atoms with Crippen LogP contribution in [0.4, 0.5) is 0 Å². The van der Waals surface area contributed by atoms with E-state index in [0.717, 1.165) is 50.9 Å². The first-order valence-corrected chi connectivity index (χ1v) is 9.64. The van der Waals surface area contributed by atoms with Crippen molar-refractivity contribution < 1.29 is 14.6 Å². The topological polar surface area (TPSA) is 51.0 Å². The molecule has 3 unspecified atom stereocenters. The van der Waals surface area contributed by atoms with E-state index in [2.05, 4.69) is 11.1 Å². The van der Waals surface area contributed by atoms with Crippen molar-refractivity contribution in [3.8, 4) is 0 Å². The fourth-order valence-corrected chi connectivity index (χ4v) is 3.77. The minimum absolute atomic E-state index is 0.187. The van der Waals surface area contributed by atoms with Gasteiger partial charge in [-0.15, -0.1) is 0 Å². The Morgan fingerprint density at radius 1 is 1.25 bits per heavy atom. The van der Waals surface area contributed by atoms with Crippen molar-refractivity contribution in [1.82, 2.24) is 0 Å². The van der Waals surface area contributed by atoms with Crippen LogP contribution < -0.4 is 0 Å². The van der Waals surface area contributed by atoms with E-state index in [4.69, 9.17) is 9.47 Å². The fraction of sp³-hybridized carbons (Fsp3) is 0.750. The van der Waals surface area contributed by atoms with Gasteiger partial charge in [0.1, 0.15) is 6.61 Å². The number of aliphatic imine (C=N–C) groups is 1. The van der Waals surface area contributed by atoms with E-state index >= 15 is 0 Å². The van der Waals surface area contributed by atoms with E-state index in [0.29, 0.717) is 12.5 Å². The molecular formula is C20H31NO3. The van der Waals surface area contributed by atoms with Gasteiger partial charge >= 0.3 is 0 Å². The molecule has 0 aromatic carbocycles. The Morgan fingerprint density at radius 3 is 3.00 bits per heavy atom. The molecule has 0 amide bonds. The predicted octanol–water partition coefficient (Wildman–Crippen LogP) is 4.15. The van der Waals surface area contributed by atoms with Gasteiger partial charge < -0.3 is 14.6 Å². The average Bonchev–Trinajstić information content (AvgIpc) is 2.64. The van der Waals surface area contributed by atoms with Gasteiger partial charge in [-0.1, -0.05) is 6.92 Å². The third-order valence-corrected chi connectivity index (χ3v) is 5.28. The van der Waals surface area contributed by atoms with Gasteiger partial charge in [0.15, 0.2) is 0 Å². The molecule has 134 valence electrons. The van der Waals surface area contributed by atoms with E-state index in [1.54, 1.807) is 0 Å². The maximum atomic E-state index is 9.64. The van der Waals surface area contributed by atoms with Crippen molar-refractivity contribution in [3.05, 3.63) is 23.1 Å². The number of hydrogen-bond acceptors (Lipinski definition) is 4. The molecule has 2 aliphatic carbocycles. The monoisotopic (exact) mass is 333 g/mol. The van der Waals surface area contributed by atoms with Crippen molar-refractivity contribution in [3.63, 3.8) is 0 Å². The lowest BCUT2D eigenvalue weighted by Gasteiger charge is -2.30. The van der Waals surface area contributed by atoms with Crippen LogP contribution in [0.15, 0.2) is 28.1 Å². The first kappa shape index (κ1) is 17.7. The number of hydrogen-bond donors (Lipinski definition) is 1. The lowest BCUT2D eigenvalue weighted by molar-refractivity contribution is 0.0384. The minimum atomic E-state index is -0.362. The standard InChI is InChI=1S/C20H31NO3/c1-2-17(22)14-23-18-9-3-6-15(12-18)13-24-19-10-4-7-16-8-5-11-21-20(16)19/h11-12,15,17,19,22H,2-10,13-14H2,1H3. The highest BCUT2D eigenvalue weighted by Gasteiger charge is 2.26. The van der Waals surface area contributed by atoms with E-state index in [9.17, 15) is 5.11 Å². The quantitative estimate of drug-likeness (QED) is 0.761. The maximum absolute atomic E-state index is 9.64. The molecule has 0 saturated carbocycles. The van der Waals surface area contributed by atoms with Crippen molar-refractivity contribution in [2.24, 2.45) is 10.9 Å². The predicted molar refractivity (Wildman–Crippen MR) is 96.0 cm³/mol. The number of rotatable bonds is 7. The van der Waals surface area contributed by atoms with Crippen molar-refractivity contribution in [2.75, 3.05) is 13.2 Å². The van der Waals surface area contributed by atoms with Gasteiger partial charge in [-0.2, -0.15) is 0 Å². The van der Waals surface area contributed by atoms with Gasteiger partial charge in [-0.05, 0) is 63.0 Å². The summed E-state index contributed by atoms with van der Waals surface area (Å²) in [5.41, 5.74) is 2.74. The molecular weight excluding hydrogens is 302 g/mol. The van der Waals surface area contributed by atoms with Crippen LogP contribution in [0.1, 0.15) is 64.7 Å². The molecule has 1 N–H and O–H groups in total. The molecule has 24 heavy (non-hydrogen) atoms. The highest BCUT2D eigenvalue weighted by molar-refractivity contribution is 5.62. The van der Waals surface area contributed by atoms with Crippen molar-refractivity contribution in [1.29, 1.82) is 0 Å². The fourth-order valence-electron chi connectivity index (χ4n) is 3.77. The zero-order valence-electron chi connectivity index (χ0n) is 14.9. The number of allylic oxidation sites excluding steroid dienone is 2. The van der Waals surface area contributed by atoms with E-state index in [1.165, 1.54) is 30.5 Å². The summed E-state index contributed by atoms with van der Waals surface area (Å²) in [5.74, 6) is 1.45. The first-order valence-electron chi connectivity index (χ1n) is 9.64. The van der Waals surface area contributed by atoms with E-state index < -0.39 is 0 Å². The Hall–Kier alpha value is -1.13. The van der Waals surface area contributed by atoms with Crippen LogP contribution in [0.2, 0.25) is 0 Å². The number of nitrogens with zero attached hydrogens (tertiary/aromatic N) is 1. The molecule has 4 nitrogen and oxygen atoms in total. The maximum Gasteiger partial charge on any atom is 0.114 e. The number of ether oxygens (including phenoxy) is 2. The lowest BCUT2D eigenvalue weighted by Crippen LogP contribution is -2.25. The Morgan fingerprint density at radius 2 is 2.12 bits per heavy atom. The molecule has 0 radical (unpaired) electrons. The molecule has 0 aromatic rings. The van der Waals surface area contributed by atoms with Crippen LogP contribution in [0.3, 0.4) is 0 Å². The molecule has 1 heterocycles. The second kappa shape index (κ2) is 8.82. The highest BCUT2D eigenvalue weighted by atomic mass is 16.5. The number of aliphatic hydroxyl groups excluding tert-OH is 1.